The second-order valence-corrected chi connectivity index (χ2v) is 5.21. The molecule has 0 aliphatic carbocycles. The lowest BCUT2D eigenvalue weighted by molar-refractivity contribution is 0.0984. The Morgan fingerprint density at radius 2 is 2.10 bits per heavy atom. The van der Waals surface area contributed by atoms with E-state index < -0.39 is 0 Å². The van der Waals surface area contributed by atoms with Crippen molar-refractivity contribution in [1.82, 2.24) is 4.98 Å². The predicted octanol–water partition coefficient (Wildman–Crippen LogP) is 2.48. The number of anilines is 2. The first-order valence-corrected chi connectivity index (χ1v) is 6.70. The van der Waals surface area contributed by atoms with E-state index in [9.17, 15) is 4.79 Å². The van der Waals surface area contributed by atoms with Crippen LogP contribution in [-0.2, 0) is 6.42 Å². The summed E-state index contributed by atoms with van der Waals surface area (Å²) in [5.74, 6) is -0.0508. The van der Waals surface area contributed by atoms with Gasteiger partial charge in [0.2, 0.25) is 0 Å². The number of rotatable bonds is 1. The van der Waals surface area contributed by atoms with Gasteiger partial charge < -0.3 is 10.6 Å². The number of pyridine rings is 1. The van der Waals surface area contributed by atoms with Gasteiger partial charge in [-0.3, -0.25) is 9.78 Å². The minimum atomic E-state index is -0.0508. The molecule has 102 valence electrons. The van der Waals surface area contributed by atoms with Crippen LogP contribution < -0.4 is 10.6 Å². The van der Waals surface area contributed by atoms with Gasteiger partial charge in [0.1, 0.15) is 5.69 Å². The molecule has 0 saturated carbocycles. The minimum absolute atomic E-state index is 0.0508. The zero-order valence-corrected chi connectivity index (χ0v) is 11.7. The van der Waals surface area contributed by atoms with Crippen molar-refractivity contribution < 1.29 is 4.79 Å². The molecule has 4 heteroatoms. The average molecular weight is 267 g/mol. The predicted molar refractivity (Wildman–Crippen MR) is 79.9 cm³/mol. The number of aromatic nitrogens is 1. The Bertz CT molecular complexity index is 694. The third kappa shape index (κ3) is 1.93. The summed E-state index contributed by atoms with van der Waals surface area (Å²) < 4.78 is 0. The van der Waals surface area contributed by atoms with Gasteiger partial charge in [-0.25, -0.2) is 0 Å². The van der Waals surface area contributed by atoms with E-state index in [0.29, 0.717) is 12.2 Å². The largest absolute Gasteiger partial charge is 0.398 e. The molecule has 0 saturated heterocycles. The summed E-state index contributed by atoms with van der Waals surface area (Å²) in [7, 11) is 0. The van der Waals surface area contributed by atoms with Gasteiger partial charge in [-0.2, -0.15) is 0 Å². The van der Waals surface area contributed by atoms with Gasteiger partial charge in [0.15, 0.2) is 0 Å². The molecule has 2 heterocycles. The van der Waals surface area contributed by atoms with Crippen LogP contribution >= 0.6 is 0 Å². The SMILES string of the molecule is Cc1cc2c(cc1N)N(C(=O)c1ncccc1C)CC2. The van der Waals surface area contributed by atoms with E-state index in [4.69, 9.17) is 5.73 Å². The fourth-order valence-electron chi connectivity index (χ4n) is 2.63. The van der Waals surface area contributed by atoms with E-state index in [1.807, 2.05) is 32.0 Å². The Kier molecular flexibility index (Phi) is 2.93. The van der Waals surface area contributed by atoms with E-state index in [-0.39, 0.29) is 5.91 Å². The maximum atomic E-state index is 12.6. The molecule has 2 aromatic rings. The van der Waals surface area contributed by atoms with Gasteiger partial charge in [0.25, 0.3) is 5.91 Å². The van der Waals surface area contributed by atoms with Gasteiger partial charge >= 0.3 is 0 Å². The summed E-state index contributed by atoms with van der Waals surface area (Å²) >= 11 is 0. The Hall–Kier alpha value is -2.36. The maximum Gasteiger partial charge on any atom is 0.277 e. The highest BCUT2D eigenvalue weighted by Gasteiger charge is 2.27. The summed E-state index contributed by atoms with van der Waals surface area (Å²) in [4.78, 5) is 18.6. The van der Waals surface area contributed by atoms with E-state index in [1.165, 1.54) is 5.56 Å². The number of amides is 1. The zero-order chi connectivity index (χ0) is 14.3. The van der Waals surface area contributed by atoms with Gasteiger partial charge in [0.05, 0.1) is 0 Å². The first-order valence-electron chi connectivity index (χ1n) is 6.70. The summed E-state index contributed by atoms with van der Waals surface area (Å²) in [5.41, 5.74) is 11.3. The van der Waals surface area contributed by atoms with Crippen LogP contribution in [0.4, 0.5) is 11.4 Å². The number of hydrogen-bond acceptors (Lipinski definition) is 3. The molecule has 0 bridgehead atoms. The Morgan fingerprint density at radius 1 is 1.30 bits per heavy atom. The van der Waals surface area contributed by atoms with Crippen LogP contribution in [0, 0.1) is 13.8 Å². The van der Waals surface area contributed by atoms with Crippen molar-refractivity contribution in [3.63, 3.8) is 0 Å². The fraction of sp³-hybridized carbons (Fsp3) is 0.250. The van der Waals surface area contributed by atoms with Crippen LogP contribution in [0.1, 0.15) is 27.2 Å². The quantitative estimate of drug-likeness (QED) is 0.807. The summed E-state index contributed by atoms with van der Waals surface area (Å²) in [5, 5.41) is 0. The van der Waals surface area contributed by atoms with Crippen LogP contribution in [0.5, 0.6) is 0 Å². The molecule has 1 aromatic heterocycles. The molecule has 20 heavy (non-hydrogen) atoms. The highest BCUT2D eigenvalue weighted by molar-refractivity contribution is 6.07. The van der Waals surface area contributed by atoms with Crippen molar-refractivity contribution in [2.45, 2.75) is 20.3 Å². The van der Waals surface area contributed by atoms with Crippen molar-refractivity contribution >= 4 is 17.3 Å². The number of carbonyl (C=O) groups excluding carboxylic acids is 1. The lowest BCUT2D eigenvalue weighted by Crippen LogP contribution is -2.30. The van der Waals surface area contributed by atoms with Crippen molar-refractivity contribution in [1.29, 1.82) is 0 Å². The summed E-state index contributed by atoms with van der Waals surface area (Å²) in [6.45, 7) is 4.58. The number of nitrogen functional groups attached to an aromatic ring is 1. The van der Waals surface area contributed by atoms with E-state index in [2.05, 4.69) is 11.1 Å². The Morgan fingerprint density at radius 3 is 2.85 bits per heavy atom. The second-order valence-electron chi connectivity index (χ2n) is 5.21. The molecular weight excluding hydrogens is 250 g/mol. The molecule has 0 radical (unpaired) electrons. The highest BCUT2D eigenvalue weighted by Crippen LogP contribution is 2.33. The molecule has 1 aromatic carbocycles. The lowest BCUT2D eigenvalue weighted by Gasteiger charge is -2.18. The highest BCUT2D eigenvalue weighted by atomic mass is 16.2. The van der Waals surface area contributed by atoms with Crippen LogP contribution in [-0.4, -0.2) is 17.4 Å². The van der Waals surface area contributed by atoms with Crippen molar-refractivity contribution in [3.05, 3.63) is 52.8 Å². The van der Waals surface area contributed by atoms with Crippen LogP contribution in [0.25, 0.3) is 0 Å². The molecule has 1 aliphatic rings. The first kappa shape index (κ1) is 12.7. The molecule has 0 unspecified atom stereocenters. The maximum absolute atomic E-state index is 12.6. The zero-order valence-electron chi connectivity index (χ0n) is 11.7. The van der Waals surface area contributed by atoms with E-state index >= 15 is 0 Å². The molecule has 0 fully saturated rings. The Labute approximate surface area is 118 Å². The standard InChI is InChI=1S/C16H17N3O/c1-10-4-3-6-18-15(10)16(20)19-7-5-12-8-11(2)13(17)9-14(12)19/h3-4,6,8-9H,5,7,17H2,1-2H3. The van der Waals surface area contributed by atoms with Crippen LogP contribution in [0.3, 0.4) is 0 Å². The van der Waals surface area contributed by atoms with Gasteiger partial charge in [-0.1, -0.05) is 12.1 Å². The van der Waals surface area contributed by atoms with E-state index in [1.54, 1.807) is 11.1 Å². The molecule has 1 aliphatic heterocycles. The van der Waals surface area contributed by atoms with Gasteiger partial charge in [-0.05, 0) is 49.1 Å². The van der Waals surface area contributed by atoms with Gasteiger partial charge in [-0.15, -0.1) is 0 Å². The topological polar surface area (TPSA) is 59.2 Å². The number of nitrogens with zero attached hydrogens (tertiary/aromatic N) is 2. The number of carbonyl (C=O) groups is 1. The average Bonchev–Trinajstić information content (AvgIpc) is 2.82. The minimum Gasteiger partial charge on any atom is -0.398 e. The Balaban J connectivity index is 2.01. The van der Waals surface area contributed by atoms with E-state index in [0.717, 1.165) is 28.9 Å². The van der Waals surface area contributed by atoms with Crippen LogP contribution in [0.2, 0.25) is 0 Å². The van der Waals surface area contributed by atoms with Crippen LogP contribution in [0.15, 0.2) is 30.5 Å². The summed E-state index contributed by atoms with van der Waals surface area (Å²) in [6, 6.07) is 7.71. The number of nitrogens with two attached hydrogens (primary N) is 1. The fourth-order valence-corrected chi connectivity index (χ4v) is 2.63. The molecular formula is C16H17N3O. The third-order valence-electron chi connectivity index (χ3n) is 3.82. The molecule has 1 amide bonds. The number of fused-ring (bicyclic) bond motifs is 1. The van der Waals surface area contributed by atoms with Gasteiger partial charge in [0, 0.05) is 24.1 Å². The second kappa shape index (κ2) is 4.63. The molecule has 4 nitrogen and oxygen atoms in total. The number of hydrogen-bond donors (Lipinski definition) is 1. The van der Waals surface area contributed by atoms with Crippen molar-refractivity contribution in [3.8, 4) is 0 Å². The number of benzene rings is 1. The number of aryl methyl sites for hydroxylation is 2. The first-order chi connectivity index (χ1) is 9.58. The third-order valence-corrected chi connectivity index (χ3v) is 3.82. The lowest BCUT2D eigenvalue weighted by atomic mass is 10.1. The monoisotopic (exact) mass is 267 g/mol. The van der Waals surface area contributed by atoms with Crippen molar-refractivity contribution in [2.75, 3.05) is 17.2 Å². The summed E-state index contributed by atoms with van der Waals surface area (Å²) in [6.07, 6.45) is 2.52. The molecule has 2 N–H and O–H groups in total. The smallest absolute Gasteiger partial charge is 0.277 e. The molecule has 3 rings (SSSR count). The molecule has 0 spiro atoms. The van der Waals surface area contributed by atoms with Crippen molar-refractivity contribution in [2.24, 2.45) is 0 Å². The molecule has 0 atom stereocenters. The normalized spacial score (nSPS) is 13.4.